The molecule has 0 radical (unpaired) electrons. The first kappa shape index (κ1) is 20.6. The topological polar surface area (TPSA) is 52.0 Å². The second-order valence-corrected chi connectivity index (χ2v) is 6.91. The van der Waals surface area contributed by atoms with Crippen molar-refractivity contribution < 1.29 is 17.6 Å². The largest absolute Gasteiger partial charge is 0.419 e. The van der Waals surface area contributed by atoms with Gasteiger partial charge in [0.1, 0.15) is 6.54 Å². The Balaban J connectivity index is 1.79. The monoisotopic (exact) mass is 420 g/mol. The number of nitrogens with zero attached hydrogens (tertiary/aromatic N) is 3. The summed E-state index contributed by atoms with van der Waals surface area (Å²) in [6.45, 7) is 2.93. The average Bonchev–Trinajstić information content (AvgIpc) is 3.15. The zero-order valence-electron chi connectivity index (χ0n) is 15.3. The predicted molar refractivity (Wildman–Crippen MR) is 106 cm³/mol. The van der Waals surface area contributed by atoms with Gasteiger partial charge in [0.2, 0.25) is 0 Å². The molecule has 0 atom stereocenters. The fourth-order valence-electron chi connectivity index (χ4n) is 2.74. The molecule has 2 aromatic carbocycles. The SMILES string of the molecule is CCN(CC#N)c1ccc(-c2csc(Nc3cccc(C(F)(F)F)c3F)n2)cc1. The minimum absolute atomic E-state index is 0.280. The first-order valence-electron chi connectivity index (χ1n) is 8.64. The molecule has 0 saturated carbocycles. The highest BCUT2D eigenvalue weighted by molar-refractivity contribution is 7.14. The summed E-state index contributed by atoms with van der Waals surface area (Å²) in [5.74, 6) is -1.36. The maximum atomic E-state index is 14.2. The summed E-state index contributed by atoms with van der Waals surface area (Å²) in [6, 6.07) is 12.6. The van der Waals surface area contributed by atoms with Gasteiger partial charge in [0.15, 0.2) is 10.9 Å². The molecular weight excluding hydrogens is 404 g/mol. The van der Waals surface area contributed by atoms with Crippen LogP contribution in [0.2, 0.25) is 0 Å². The first-order chi connectivity index (χ1) is 13.8. The van der Waals surface area contributed by atoms with E-state index in [-0.39, 0.29) is 17.4 Å². The van der Waals surface area contributed by atoms with Gasteiger partial charge in [-0.3, -0.25) is 0 Å². The summed E-state index contributed by atoms with van der Waals surface area (Å²) in [5, 5.41) is 13.5. The Bertz CT molecular complexity index is 1020. The van der Waals surface area contributed by atoms with E-state index in [9.17, 15) is 17.6 Å². The Morgan fingerprint density at radius 3 is 2.52 bits per heavy atom. The predicted octanol–water partition coefficient (Wildman–Crippen LogP) is 6.06. The minimum atomic E-state index is -4.77. The zero-order chi connectivity index (χ0) is 21.0. The summed E-state index contributed by atoms with van der Waals surface area (Å²) in [5.41, 5.74) is 0.701. The van der Waals surface area contributed by atoms with E-state index in [0.717, 1.165) is 28.7 Å². The van der Waals surface area contributed by atoms with E-state index in [1.54, 1.807) is 5.38 Å². The van der Waals surface area contributed by atoms with Gasteiger partial charge in [-0.2, -0.15) is 18.4 Å². The lowest BCUT2D eigenvalue weighted by Gasteiger charge is -2.19. The van der Waals surface area contributed by atoms with Crippen molar-refractivity contribution in [3.8, 4) is 17.3 Å². The lowest BCUT2D eigenvalue weighted by Crippen LogP contribution is -2.22. The van der Waals surface area contributed by atoms with Crippen LogP contribution in [0.3, 0.4) is 0 Å². The quantitative estimate of drug-likeness (QED) is 0.389. The van der Waals surface area contributed by atoms with Crippen molar-refractivity contribution in [1.29, 1.82) is 5.26 Å². The molecule has 0 spiro atoms. The summed E-state index contributed by atoms with van der Waals surface area (Å²) in [7, 11) is 0. The number of alkyl halides is 3. The van der Waals surface area contributed by atoms with Crippen LogP contribution < -0.4 is 10.2 Å². The van der Waals surface area contributed by atoms with Gasteiger partial charge in [-0.1, -0.05) is 18.2 Å². The number of anilines is 3. The van der Waals surface area contributed by atoms with Crippen molar-refractivity contribution in [3.63, 3.8) is 0 Å². The van der Waals surface area contributed by atoms with Crippen molar-refractivity contribution in [1.82, 2.24) is 4.98 Å². The Hall–Kier alpha value is -3.12. The number of hydrogen-bond acceptors (Lipinski definition) is 5. The number of hydrogen-bond donors (Lipinski definition) is 1. The Labute approximate surface area is 169 Å². The normalized spacial score (nSPS) is 11.2. The van der Waals surface area contributed by atoms with Crippen LogP contribution in [-0.4, -0.2) is 18.1 Å². The summed E-state index contributed by atoms with van der Waals surface area (Å²) >= 11 is 1.16. The molecule has 0 aliphatic carbocycles. The van der Waals surface area contributed by atoms with Crippen LogP contribution in [-0.2, 0) is 6.18 Å². The molecule has 1 aromatic heterocycles. The van der Waals surface area contributed by atoms with E-state index in [1.807, 2.05) is 36.1 Å². The second kappa shape index (κ2) is 8.49. The molecule has 3 aromatic rings. The van der Waals surface area contributed by atoms with Crippen molar-refractivity contribution in [2.75, 3.05) is 23.3 Å². The third-order valence-corrected chi connectivity index (χ3v) is 4.98. The lowest BCUT2D eigenvalue weighted by molar-refractivity contribution is -0.139. The lowest BCUT2D eigenvalue weighted by atomic mass is 10.1. The Morgan fingerprint density at radius 2 is 1.90 bits per heavy atom. The Kier molecular flexibility index (Phi) is 6.03. The van der Waals surface area contributed by atoms with Gasteiger partial charge in [-0.15, -0.1) is 11.3 Å². The summed E-state index contributed by atoms with van der Waals surface area (Å²) in [6.07, 6.45) is -4.77. The molecule has 1 heterocycles. The van der Waals surface area contributed by atoms with Crippen molar-refractivity contribution in [2.45, 2.75) is 13.1 Å². The van der Waals surface area contributed by atoms with E-state index in [1.165, 1.54) is 6.07 Å². The van der Waals surface area contributed by atoms with E-state index >= 15 is 0 Å². The molecule has 150 valence electrons. The molecule has 0 aliphatic heterocycles. The van der Waals surface area contributed by atoms with Crippen LogP contribution in [0.1, 0.15) is 12.5 Å². The fraction of sp³-hybridized carbons (Fsp3) is 0.200. The number of nitriles is 1. The molecule has 0 amide bonds. The van der Waals surface area contributed by atoms with Crippen molar-refractivity contribution >= 4 is 27.8 Å². The third kappa shape index (κ3) is 4.66. The van der Waals surface area contributed by atoms with Crippen LogP contribution in [0.5, 0.6) is 0 Å². The molecule has 0 fully saturated rings. The molecule has 9 heteroatoms. The van der Waals surface area contributed by atoms with Crippen LogP contribution in [0.25, 0.3) is 11.3 Å². The van der Waals surface area contributed by atoms with E-state index < -0.39 is 17.6 Å². The van der Waals surface area contributed by atoms with Crippen LogP contribution >= 0.6 is 11.3 Å². The fourth-order valence-corrected chi connectivity index (χ4v) is 3.47. The van der Waals surface area contributed by atoms with Gasteiger partial charge in [0.25, 0.3) is 0 Å². The van der Waals surface area contributed by atoms with Gasteiger partial charge in [-0.05, 0) is 31.2 Å². The van der Waals surface area contributed by atoms with E-state index in [2.05, 4.69) is 16.4 Å². The molecule has 0 unspecified atom stereocenters. The highest BCUT2D eigenvalue weighted by Gasteiger charge is 2.35. The number of halogens is 4. The second-order valence-electron chi connectivity index (χ2n) is 6.05. The molecule has 3 rings (SSSR count). The molecular formula is C20H16F4N4S. The first-order valence-corrected chi connectivity index (χ1v) is 9.52. The zero-order valence-corrected chi connectivity index (χ0v) is 16.1. The molecule has 1 N–H and O–H groups in total. The third-order valence-electron chi connectivity index (χ3n) is 4.22. The van der Waals surface area contributed by atoms with Gasteiger partial charge in [0.05, 0.1) is 23.0 Å². The van der Waals surface area contributed by atoms with Crippen LogP contribution in [0.4, 0.5) is 34.1 Å². The maximum absolute atomic E-state index is 14.2. The summed E-state index contributed by atoms with van der Waals surface area (Å²) in [4.78, 5) is 6.24. The number of benzene rings is 2. The van der Waals surface area contributed by atoms with Gasteiger partial charge >= 0.3 is 6.18 Å². The standard InChI is InChI=1S/C20H16F4N4S/c1-2-28(11-10-25)14-8-6-13(7-9-14)17-12-29-19(27-17)26-16-5-3-4-15(18(16)21)20(22,23)24/h3-9,12H,2,11H2,1H3,(H,26,27). The maximum Gasteiger partial charge on any atom is 0.419 e. The van der Waals surface area contributed by atoms with Crippen molar-refractivity contribution in [2.24, 2.45) is 0 Å². The molecule has 0 bridgehead atoms. The van der Waals surface area contributed by atoms with Gasteiger partial charge in [-0.25, -0.2) is 9.37 Å². The average molecular weight is 420 g/mol. The van der Waals surface area contributed by atoms with Crippen molar-refractivity contribution in [3.05, 3.63) is 59.2 Å². The van der Waals surface area contributed by atoms with E-state index in [0.29, 0.717) is 18.3 Å². The number of aromatic nitrogens is 1. The molecule has 0 aliphatic rings. The molecule has 29 heavy (non-hydrogen) atoms. The van der Waals surface area contributed by atoms with Gasteiger partial charge in [0, 0.05) is 23.2 Å². The Morgan fingerprint density at radius 1 is 1.17 bits per heavy atom. The molecule has 0 saturated heterocycles. The smallest absolute Gasteiger partial charge is 0.358 e. The molecule has 4 nitrogen and oxygen atoms in total. The van der Waals surface area contributed by atoms with Gasteiger partial charge < -0.3 is 10.2 Å². The number of thiazole rings is 1. The highest BCUT2D eigenvalue weighted by atomic mass is 32.1. The minimum Gasteiger partial charge on any atom is -0.358 e. The number of nitrogens with one attached hydrogen (secondary N) is 1. The number of rotatable bonds is 6. The highest BCUT2D eigenvalue weighted by Crippen LogP contribution is 2.35. The van der Waals surface area contributed by atoms with E-state index in [4.69, 9.17) is 5.26 Å². The van der Waals surface area contributed by atoms with Crippen LogP contribution in [0, 0.1) is 17.1 Å². The van der Waals surface area contributed by atoms with Crippen LogP contribution in [0.15, 0.2) is 47.8 Å². The summed E-state index contributed by atoms with van der Waals surface area (Å²) < 4.78 is 52.7.